The average molecular weight is 565 g/mol. The molecule has 11 heteroatoms. The SMILES string of the molecule is C[C@@H](OC[C@@]1(c2ccccc2)CCC(CCCNC(=O)CCl)CN1)c1cc(C(F)(F)F)cc(C(F)(F)F)c1. The van der Waals surface area contributed by atoms with Crippen LogP contribution < -0.4 is 10.6 Å². The topological polar surface area (TPSA) is 50.4 Å². The quantitative estimate of drug-likeness (QED) is 0.189. The number of benzene rings is 2. The maximum absolute atomic E-state index is 13.3. The molecule has 1 unspecified atom stereocenters. The number of rotatable bonds is 10. The van der Waals surface area contributed by atoms with Gasteiger partial charge in [-0.25, -0.2) is 0 Å². The molecule has 1 aliphatic rings. The van der Waals surface area contributed by atoms with Crippen molar-refractivity contribution >= 4 is 17.5 Å². The molecule has 1 heterocycles. The third kappa shape index (κ3) is 8.10. The maximum atomic E-state index is 13.3. The first-order valence-electron chi connectivity index (χ1n) is 12.4. The number of ether oxygens (including phenoxy) is 1. The first kappa shape index (κ1) is 30.2. The monoisotopic (exact) mass is 564 g/mol. The van der Waals surface area contributed by atoms with Crippen LogP contribution in [0, 0.1) is 5.92 Å². The molecule has 3 rings (SSSR count). The minimum Gasteiger partial charge on any atom is -0.372 e. The van der Waals surface area contributed by atoms with E-state index in [9.17, 15) is 31.1 Å². The fourth-order valence-electron chi connectivity index (χ4n) is 4.68. The van der Waals surface area contributed by atoms with E-state index in [0.29, 0.717) is 37.6 Å². The van der Waals surface area contributed by atoms with Crippen LogP contribution in [-0.4, -0.2) is 31.5 Å². The van der Waals surface area contributed by atoms with Crippen LogP contribution in [0.2, 0.25) is 0 Å². The van der Waals surface area contributed by atoms with E-state index in [1.54, 1.807) is 0 Å². The van der Waals surface area contributed by atoms with Crippen molar-refractivity contribution in [2.24, 2.45) is 5.92 Å². The number of halogens is 7. The van der Waals surface area contributed by atoms with E-state index in [1.807, 2.05) is 30.3 Å². The van der Waals surface area contributed by atoms with Gasteiger partial charge in [-0.2, -0.15) is 26.3 Å². The zero-order chi connectivity index (χ0) is 28.0. The number of carbonyl (C=O) groups excluding carboxylic acids is 1. The summed E-state index contributed by atoms with van der Waals surface area (Å²) in [6.45, 7) is 2.70. The van der Waals surface area contributed by atoms with E-state index >= 15 is 0 Å². The fraction of sp³-hybridized carbons (Fsp3) is 0.519. The molecule has 3 atom stereocenters. The third-order valence-electron chi connectivity index (χ3n) is 6.93. The summed E-state index contributed by atoms with van der Waals surface area (Å²) in [5.41, 5.74) is -2.64. The normalized spacial score (nSPS) is 21.2. The Morgan fingerprint density at radius 3 is 2.26 bits per heavy atom. The van der Waals surface area contributed by atoms with E-state index in [4.69, 9.17) is 16.3 Å². The lowest BCUT2D eigenvalue weighted by molar-refractivity contribution is -0.143. The van der Waals surface area contributed by atoms with Gasteiger partial charge in [-0.15, -0.1) is 11.6 Å². The molecule has 1 fully saturated rings. The second-order valence-corrected chi connectivity index (χ2v) is 9.92. The van der Waals surface area contributed by atoms with Crippen molar-refractivity contribution in [3.63, 3.8) is 0 Å². The molecule has 0 radical (unpaired) electrons. The van der Waals surface area contributed by atoms with Gasteiger partial charge in [0.05, 0.1) is 29.4 Å². The highest BCUT2D eigenvalue weighted by Gasteiger charge is 2.39. The van der Waals surface area contributed by atoms with E-state index in [1.165, 1.54) is 6.92 Å². The summed E-state index contributed by atoms with van der Waals surface area (Å²) in [4.78, 5) is 11.3. The molecule has 0 spiro atoms. The maximum Gasteiger partial charge on any atom is 0.416 e. The lowest BCUT2D eigenvalue weighted by Crippen LogP contribution is -2.52. The molecule has 210 valence electrons. The first-order chi connectivity index (χ1) is 17.8. The van der Waals surface area contributed by atoms with Gasteiger partial charge in [-0.3, -0.25) is 4.79 Å². The Kier molecular flexibility index (Phi) is 10.1. The van der Waals surface area contributed by atoms with Crippen molar-refractivity contribution in [2.45, 2.75) is 56.6 Å². The van der Waals surface area contributed by atoms with E-state index in [-0.39, 0.29) is 30.0 Å². The largest absolute Gasteiger partial charge is 0.416 e. The number of amides is 1. The summed E-state index contributed by atoms with van der Waals surface area (Å²) in [6.07, 6.45) is -7.69. The number of hydrogen-bond donors (Lipinski definition) is 2. The summed E-state index contributed by atoms with van der Waals surface area (Å²) in [7, 11) is 0. The van der Waals surface area contributed by atoms with Crippen molar-refractivity contribution in [1.82, 2.24) is 10.6 Å². The predicted molar refractivity (Wildman–Crippen MR) is 133 cm³/mol. The van der Waals surface area contributed by atoms with Gasteiger partial charge < -0.3 is 15.4 Å². The van der Waals surface area contributed by atoms with Crippen molar-refractivity contribution in [3.8, 4) is 0 Å². The van der Waals surface area contributed by atoms with Gasteiger partial charge in [-0.1, -0.05) is 30.3 Å². The van der Waals surface area contributed by atoms with Crippen molar-refractivity contribution < 1.29 is 35.9 Å². The third-order valence-corrected chi connectivity index (χ3v) is 7.17. The minimum absolute atomic E-state index is 0.0638. The molecular formula is C27H31ClF6N2O2. The molecule has 0 saturated carbocycles. The summed E-state index contributed by atoms with van der Waals surface area (Å²) in [6, 6.07) is 11.0. The Bertz CT molecular complexity index is 1020. The minimum atomic E-state index is -4.92. The molecule has 38 heavy (non-hydrogen) atoms. The zero-order valence-electron chi connectivity index (χ0n) is 20.9. The van der Waals surface area contributed by atoms with Gasteiger partial charge in [0.1, 0.15) is 5.88 Å². The molecule has 2 N–H and O–H groups in total. The highest BCUT2D eigenvalue weighted by molar-refractivity contribution is 6.27. The second kappa shape index (κ2) is 12.7. The Balaban J connectivity index is 1.72. The number of alkyl halides is 7. The molecule has 1 amide bonds. The van der Waals surface area contributed by atoms with E-state index in [2.05, 4.69) is 10.6 Å². The van der Waals surface area contributed by atoms with Crippen molar-refractivity contribution in [3.05, 3.63) is 70.8 Å². The number of piperidine rings is 1. The average Bonchev–Trinajstić information content (AvgIpc) is 2.89. The summed E-state index contributed by atoms with van der Waals surface area (Å²) >= 11 is 5.48. The Morgan fingerprint density at radius 1 is 1.11 bits per heavy atom. The van der Waals surface area contributed by atoms with Crippen LogP contribution in [0.1, 0.15) is 61.0 Å². The van der Waals surface area contributed by atoms with Crippen molar-refractivity contribution in [2.75, 3.05) is 25.6 Å². The summed E-state index contributed by atoms with van der Waals surface area (Å²) in [5.74, 6) is 0.0435. The van der Waals surface area contributed by atoms with E-state index < -0.39 is 35.1 Å². The van der Waals surface area contributed by atoms with Crippen LogP contribution in [0.5, 0.6) is 0 Å². The lowest BCUT2D eigenvalue weighted by atomic mass is 9.78. The number of hydrogen-bond acceptors (Lipinski definition) is 3. The van der Waals surface area contributed by atoms with Crippen LogP contribution in [-0.2, 0) is 27.4 Å². The second-order valence-electron chi connectivity index (χ2n) is 9.65. The summed E-state index contributed by atoms with van der Waals surface area (Å²) in [5, 5.41) is 6.28. The van der Waals surface area contributed by atoms with E-state index in [0.717, 1.165) is 24.8 Å². The van der Waals surface area contributed by atoms with Crippen LogP contribution in [0.25, 0.3) is 0 Å². The molecular weight excluding hydrogens is 534 g/mol. The molecule has 2 aromatic rings. The Labute approximate surface area is 223 Å². The Hall–Kier alpha value is -2.30. The molecule has 0 aliphatic carbocycles. The van der Waals surface area contributed by atoms with Gasteiger partial charge in [0.25, 0.3) is 0 Å². The smallest absolute Gasteiger partial charge is 0.372 e. The predicted octanol–water partition coefficient (Wildman–Crippen LogP) is 6.83. The van der Waals surface area contributed by atoms with Gasteiger partial charge in [0, 0.05) is 6.54 Å². The highest BCUT2D eigenvalue weighted by atomic mass is 35.5. The standard InChI is InChI=1S/C27H31ClF6N2O2/c1-18(20-12-22(26(29,30)31)14-23(13-20)27(32,33)34)38-17-25(21-7-3-2-4-8-21)10-9-19(16-36-25)6-5-11-35-24(37)15-28/h2-4,7-8,12-14,18-19,36H,5-6,9-11,15-17H2,1H3,(H,35,37)/t18-,19?,25-/m1/s1. The molecule has 1 aliphatic heterocycles. The summed E-state index contributed by atoms with van der Waals surface area (Å²) < 4.78 is 85.9. The molecule has 0 bridgehead atoms. The molecule has 0 aromatic heterocycles. The van der Waals surface area contributed by atoms with Gasteiger partial charge >= 0.3 is 12.4 Å². The van der Waals surface area contributed by atoms with Crippen LogP contribution in [0.15, 0.2) is 48.5 Å². The van der Waals surface area contributed by atoms with Crippen LogP contribution in [0.3, 0.4) is 0 Å². The molecule has 1 saturated heterocycles. The number of carbonyl (C=O) groups is 1. The first-order valence-corrected chi connectivity index (χ1v) is 12.9. The molecule has 4 nitrogen and oxygen atoms in total. The van der Waals surface area contributed by atoms with Gasteiger partial charge in [-0.05, 0) is 74.4 Å². The van der Waals surface area contributed by atoms with Crippen LogP contribution in [0.4, 0.5) is 26.3 Å². The van der Waals surface area contributed by atoms with Crippen molar-refractivity contribution in [1.29, 1.82) is 0 Å². The number of nitrogens with one attached hydrogen (secondary N) is 2. The van der Waals surface area contributed by atoms with Gasteiger partial charge in [0.15, 0.2) is 0 Å². The van der Waals surface area contributed by atoms with Crippen LogP contribution >= 0.6 is 11.6 Å². The fourth-order valence-corrected chi connectivity index (χ4v) is 4.77. The Morgan fingerprint density at radius 2 is 1.74 bits per heavy atom. The zero-order valence-corrected chi connectivity index (χ0v) is 21.6. The lowest BCUT2D eigenvalue weighted by Gasteiger charge is -2.42. The molecule has 2 aromatic carbocycles. The highest BCUT2D eigenvalue weighted by Crippen LogP contribution is 2.39. The van der Waals surface area contributed by atoms with Gasteiger partial charge in [0.2, 0.25) is 5.91 Å².